The number of allylic oxidation sites excluding steroid dienone is 3. The summed E-state index contributed by atoms with van der Waals surface area (Å²) in [6.45, 7) is 4.50. The van der Waals surface area contributed by atoms with Gasteiger partial charge >= 0.3 is 0 Å². The Balaban J connectivity index is 2.01. The van der Waals surface area contributed by atoms with Gasteiger partial charge in [0.15, 0.2) is 18.3 Å². The summed E-state index contributed by atoms with van der Waals surface area (Å²) >= 11 is 0. The molecule has 1 heterocycles. The van der Waals surface area contributed by atoms with Gasteiger partial charge in [-0.3, -0.25) is 0 Å². The SMILES string of the molecule is COC1=C(OC)C(OC)=C2C3=C(C=C4OCOC4C3OC)C[C@H](C)[C@H](C)[C@@H](O)C2C1. The maximum Gasteiger partial charge on any atom is 0.199 e. The first-order valence-electron chi connectivity index (χ1n) is 10.5. The van der Waals surface area contributed by atoms with E-state index >= 15 is 0 Å². The number of methoxy groups -OCH3 is 4. The average molecular weight is 421 g/mol. The summed E-state index contributed by atoms with van der Waals surface area (Å²) in [7, 11) is 6.53. The minimum absolute atomic E-state index is 0.0808. The third-order valence-electron chi connectivity index (χ3n) is 7.04. The zero-order valence-corrected chi connectivity index (χ0v) is 18.6. The van der Waals surface area contributed by atoms with Crippen LogP contribution in [0.3, 0.4) is 0 Å². The lowest BCUT2D eigenvalue weighted by Gasteiger charge is -2.43. The van der Waals surface area contributed by atoms with Crippen LogP contribution in [0.1, 0.15) is 26.7 Å². The molecular weight excluding hydrogens is 388 g/mol. The topological polar surface area (TPSA) is 75.6 Å². The second kappa shape index (κ2) is 8.29. The van der Waals surface area contributed by atoms with Crippen molar-refractivity contribution in [1.29, 1.82) is 0 Å². The molecule has 0 radical (unpaired) electrons. The summed E-state index contributed by atoms with van der Waals surface area (Å²) in [5.74, 6) is 2.74. The molecule has 0 aromatic rings. The zero-order valence-electron chi connectivity index (χ0n) is 18.6. The fourth-order valence-corrected chi connectivity index (χ4v) is 5.27. The van der Waals surface area contributed by atoms with Gasteiger partial charge in [-0.15, -0.1) is 0 Å². The maximum absolute atomic E-state index is 11.4. The number of hydrogen-bond donors (Lipinski definition) is 1. The number of aliphatic hydroxyl groups excluding tert-OH is 1. The Kier molecular flexibility index (Phi) is 5.88. The quantitative estimate of drug-likeness (QED) is 0.749. The third-order valence-corrected chi connectivity index (χ3v) is 7.04. The molecule has 1 saturated heterocycles. The van der Waals surface area contributed by atoms with E-state index < -0.39 is 6.10 Å². The van der Waals surface area contributed by atoms with E-state index in [0.29, 0.717) is 23.7 Å². The van der Waals surface area contributed by atoms with Crippen LogP contribution in [-0.2, 0) is 28.4 Å². The van der Waals surface area contributed by atoms with Gasteiger partial charge in [-0.25, -0.2) is 0 Å². The summed E-state index contributed by atoms with van der Waals surface area (Å²) < 4.78 is 34.8. The molecule has 1 aliphatic heterocycles. The van der Waals surface area contributed by atoms with Crippen LogP contribution in [0.4, 0.5) is 0 Å². The molecule has 0 bridgehead atoms. The summed E-state index contributed by atoms with van der Waals surface area (Å²) in [6.07, 6.45) is 2.16. The van der Waals surface area contributed by atoms with Gasteiger partial charge in [-0.2, -0.15) is 0 Å². The van der Waals surface area contributed by atoms with Crippen molar-refractivity contribution in [2.24, 2.45) is 17.8 Å². The van der Waals surface area contributed by atoms with Crippen LogP contribution in [0, 0.1) is 17.8 Å². The standard InChI is InChI=1S/C23H32O7/c1-11-7-13-8-16-21(30-10-29-16)22(27-5)17(13)18-14(19(24)12(11)2)9-15(25-3)20(26-4)23(18)28-6/h8,11-12,14,19,21-22,24H,7,9-10H2,1-6H3/t11-,12-,14?,19+,21?,22?/m0/s1. The van der Waals surface area contributed by atoms with Crippen molar-refractivity contribution < 1.29 is 33.5 Å². The highest BCUT2D eigenvalue weighted by molar-refractivity contribution is 5.55. The van der Waals surface area contributed by atoms with Gasteiger partial charge in [0.2, 0.25) is 0 Å². The molecule has 0 aromatic heterocycles. The first-order valence-corrected chi connectivity index (χ1v) is 10.5. The summed E-state index contributed by atoms with van der Waals surface area (Å²) in [6, 6.07) is 0. The molecular formula is C23H32O7. The van der Waals surface area contributed by atoms with Crippen molar-refractivity contribution in [2.75, 3.05) is 35.2 Å². The van der Waals surface area contributed by atoms with E-state index in [4.69, 9.17) is 28.4 Å². The average Bonchev–Trinajstić information content (AvgIpc) is 3.23. The Morgan fingerprint density at radius 1 is 0.967 bits per heavy atom. The summed E-state index contributed by atoms with van der Waals surface area (Å²) in [5, 5.41) is 11.4. The van der Waals surface area contributed by atoms with Crippen molar-refractivity contribution in [3.05, 3.63) is 45.8 Å². The largest absolute Gasteiger partial charge is 0.497 e. The van der Waals surface area contributed by atoms with Gasteiger partial charge in [-0.05, 0) is 35.5 Å². The van der Waals surface area contributed by atoms with Crippen LogP contribution >= 0.6 is 0 Å². The molecule has 1 N–H and O–H groups in total. The van der Waals surface area contributed by atoms with Crippen molar-refractivity contribution in [2.45, 2.75) is 45.0 Å². The lowest BCUT2D eigenvalue weighted by molar-refractivity contribution is -0.0170. The van der Waals surface area contributed by atoms with Gasteiger partial charge in [0.25, 0.3) is 0 Å². The van der Waals surface area contributed by atoms with Crippen molar-refractivity contribution in [3.8, 4) is 0 Å². The van der Waals surface area contributed by atoms with E-state index in [-0.39, 0.29) is 36.8 Å². The normalized spacial score (nSPS) is 36.2. The van der Waals surface area contributed by atoms with Crippen LogP contribution in [-0.4, -0.2) is 58.7 Å². The molecule has 7 heteroatoms. The van der Waals surface area contributed by atoms with Crippen LogP contribution in [0.15, 0.2) is 45.8 Å². The second-order valence-corrected chi connectivity index (χ2v) is 8.44. The number of aliphatic hydroxyl groups is 1. The fourth-order valence-electron chi connectivity index (χ4n) is 5.27. The Labute approximate surface area is 177 Å². The molecule has 7 nitrogen and oxygen atoms in total. The van der Waals surface area contributed by atoms with E-state index in [1.165, 1.54) is 0 Å². The van der Waals surface area contributed by atoms with E-state index in [0.717, 1.165) is 28.9 Å². The summed E-state index contributed by atoms with van der Waals surface area (Å²) in [4.78, 5) is 0. The predicted molar refractivity (Wildman–Crippen MR) is 109 cm³/mol. The molecule has 4 aliphatic rings. The first-order chi connectivity index (χ1) is 14.5. The molecule has 4 rings (SSSR count). The summed E-state index contributed by atoms with van der Waals surface area (Å²) in [5.41, 5.74) is 3.05. The molecule has 0 aromatic carbocycles. The minimum atomic E-state index is -0.568. The lowest BCUT2D eigenvalue weighted by atomic mass is 9.67. The van der Waals surface area contributed by atoms with Crippen LogP contribution in [0.25, 0.3) is 0 Å². The van der Waals surface area contributed by atoms with Gasteiger partial charge in [-0.1, -0.05) is 13.8 Å². The number of ether oxygens (including phenoxy) is 6. The predicted octanol–water partition coefficient (Wildman–Crippen LogP) is 3.03. The number of hydrogen-bond acceptors (Lipinski definition) is 7. The van der Waals surface area contributed by atoms with Gasteiger partial charge < -0.3 is 33.5 Å². The first kappa shape index (κ1) is 21.3. The number of rotatable bonds is 4. The molecule has 6 atom stereocenters. The van der Waals surface area contributed by atoms with E-state index in [9.17, 15) is 5.11 Å². The molecule has 166 valence electrons. The highest BCUT2D eigenvalue weighted by Crippen LogP contribution is 2.50. The molecule has 30 heavy (non-hydrogen) atoms. The van der Waals surface area contributed by atoms with Crippen molar-refractivity contribution >= 4 is 0 Å². The van der Waals surface area contributed by atoms with E-state index in [1.54, 1.807) is 28.4 Å². The highest BCUT2D eigenvalue weighted by Gasteiger charge is 2.48. The van der Waals surface area contributed by atoms with E-state index in [1.807, 2.05) is 0 Å². The molecule has 3 unspecified atom stereocenters. The molecule has 1 fully saturated rings. The maximum atomic E-state index is 11.4. The lowest BCUT2D eigenvalue weighted by Crippen LogP contribution is -2.43. The monoisotopic (exact) mass is 420 g/mol. The fraction of sp³-hybridized carbons (Fsp3) is 0.652. The Morgan fingerprint density at radius 2 is 1.70 bits per heavy atom. The molecule has 0 spiro atoms. The second-order valence-electron chi connectivity index (χ2n) is 8.44. The Hall–Kier alpha value is -1.96. The van der Waals surface area contributed by atoms with Crippen LogP contribution < -0.4 is 0 Å². The van der Waals surface area contributed by atoms with Gasteiger partial charge in [0, 0.05) is 25.0 Å². The van der Waals surface area contributed by atoms with Gasteiger partial charge in [0.1, 0.15) is 23.7 Å². The van der Waals surface area contributed by atoms with E-state index in [2.05, 4.69) is 19.9 Å². The van der Waals surface area contributed by atoms with Crippen LogP contribution in [0.5, 0.6) is 0 Å². The highest BCUT2D eigenvalue weighted by atomic mass is 16.7. The van der Waals surface area contributed by atoms with Crippen molar-refractivity contribution in [3.63, 3.8) is 0 Å². The Bertz CT molecular complexity index is 821. The van der Waals surface area contributed by atoms with Crippen LogP contribution in [0.2, 0.25) is 0 Å². The zero-order chi connectivity index (χ0) is 21.6. The molecule has 0 saturated carbocycles. The molecule has 3 aliphatic carbocycles. The number of fused-ring (bicyclic) bond motifs is 3. The smallest absolute Gasteiger partial charge is 0.199 e. The minimum Gasteiger partial charge on any atom is -0.497 e. The third kappa shape index (κ3) is 3.15. The van der Waals surface area contributed by atoms with Gasteiger partial charge in [0.05, 0.1) is 27.4 Å². The van der Waals surface area contributed by atoms with Crippen molar-refractivity contribution in [1.82, 2.24) is 0 Å². The molecule has 0 amide bonds. The Morgan fingerprint density at radius 3 is 2.33 bits per heavy atom.